The van der Waals surface area contributed by atoms with Crippen molar-refractivity contribution in [2.75, 3.05) is 23.7 Å². The highest BCUT2D eigenvalue weighted by Gasteiger charge is 1.98. The van der Waals surface area contributed by atoms with E-state index in [1.54, 1.807) is 18.3 Å². The molecule has 0 amide bonds. The average molecular weight is 272 g/mol. The van der Waals surface area contributed by atoms with Gasteiger partial charge in [-0.05, 0) is 36.6 Å². The van der Waals surface area contributed by atoms with Gasteiger partial charge in [0.2, 0.25) is 5.95 Å². The Kier molecular flexibility index (Phi) is 5.17. The van der Waals surface area contributed by atoms with Crippen LogP contribution in [0.25, 0.3) is 0 Å². The summed E-state index contributed by atoms with van der Waals surface area (Å²) in [4.78, 5) is 8.55. The minimum absolute atomic E-state index is 0.296. The van der Waals surface area contributed by atoms with Gasteiger partial charge in [0.05, 0.1) is 0 Å². The summed E-state index contributed by atoms with van der Waals surface area (Å²) in [5.74, 6) is 1.77. The van der Waals surface area contributed by atoms with Gasteiger partial charge in [0, 0.05) is 19.3 Å². The molecule has 1 heterocycles. The van der Waals surface area contributed by atoms with E-state index < -0.39 is 0 Å². The van der Waals surface area contributed by atoms with Crippen LogP contribution in [-0.2, 0) is 6.42 Å². The van der Waals surface area contributed by atoms with Crippen LogP contribution >= 0.6 is 0 Å². The number of aromatic hydroxyl groups is 1. The van der Waals surface area contributed by atoms with Gasteiger partial charge in [-0.1, -0.05) is 19.1 Å². The lowest BCUT2D eigenvalue weighted by molar-refractivity contribution is 0.475. The first-order valence-electron chi connectivity index (χ1n) is 6.86. The summed E-state index contributed by atoms with van der Waals surface area (Å²) in [5, 5.41) is 15.7. The monoisotopic (exact) mass is 272 g/mol. The molecule has 0 saturated carbocycles. The maximum Gasteiger partial charge on any atom is 0.224 e. The molecule has 2 aromatic rings. The SMILES string of the molecule is CCCNc1nccc(NCCc2ccc(O)cc2)n1. The van der Waals surface area contributed by atoms with Crippen LogP contribution in [0.15, 0.2) is 36.5 Å². The number of aromatic nitrogens is 2. The van der Waals surface area contributed by atoms with Crippen molar-refractivity contribution < 1.29 is 5.11 Å². The number of hydrogen-bond donors (Lipinski definition) is 3. The van der Waals surface area contributed by atoms with E-state index in [4.69, 9.17) is 0 Å². The number of phenols is 1. The Morgan fingerprint density at radius 3 is 2.60 bits per heavy atom. The van der Waals surface area contributed by atoms with Crippen LogP contribution in [0, 0.1) is 0 Å². The van der Waals surface area contributed by atoms with Gasteiger partial charge in [0.15, 0.2) is 0 Å². The third-order valence-corrected chi connectivity index (χ3v) is 2.84. The summed E-state index contributed by atoms with van der Waals surface area (Å²) in [6.45, 7) is 3.76. The Morgan fingerprint density at radius 1 is 1.05 bits per heavy atom. The molecule has 3 N–H and O–H groups in total. The Balaban J connectivity index is 1.82. The van der Waals surface area contributed by atoms with Crippen LogP contribution < -0.4 is 10.6 Å². The predicted octanol–water partition coefficient (Wildman–Crippen LogP) is 2.66. The molecule has 20 heavy (non-hydrogen) atoms. The number of anilines is 2. The number of phenolic OH excluding ortho intramolecular Hbond substituents is 1. The molecule has 0 spiro atoms. The van der Waals surface area contributed by atoms with Gasteiger partial charge in [-0.2, -0.15) is 4.98 Å². The second-order valence-electron chi connectivity index (χ2n) is 4.54. The molecule has 0 radical (unpaired) electrons. The van der Waals surface area contributed by atoms with E-state index in [0.29, 0.717) is 11.7 Å². The molecule has 5 heteroatoms. The molecule has 5 nitrogen and oxygen atoms in total. The summed E-state index contributed by atoms with van der Waals surface area (Å²) < 4.78 is 0. The van der Waals surface area contributed by atoms with E-state index in [-0.39, 0.29) is 0 Å². The van der Waals surface area contributed by atoms with Crippen molar-refractivity contribution in [2.24, 2.45) is 0 Å². The summed E-state index contributed by atoms with van der Waals surface area (Å²) >= 11 is 0. The molecule has 1 aromatic heterocycles. The molecule has 2 rings (SSSR count). The van der Waals surface area contributed by atoms with E-state index in [0.717, 1.165) is 31.7 Å². The van der Waals surface area contributed by atoms with E-state index in [2.05, 4.69) is 27.5 Å². The Bertz CT molecular complexity index is 528. The van der Waals surface area contributed by atoms with Gasteiger partial charge in [-0.25, -0.2) is 4.98 Å². The van der Waals surface area contributed by atoms with Crippen LogP contribution in [0.4, 0.5) is 11.8 Å². The third-order valence-electron chi connectivity index (χ3n) is 2.84. The molecule has 0 bridgehead atoms. The Morgan fingerprint density at radius 2 is 1.85 bits per heavy atom. The van der Waals surface area contributed by atoms with Gasteiger partial charge in [0.1, 0.15) is 11.6 Å². The Hall–Kier alpha value is -2.30. The lowest BCUT2D eigenvalue weighted by Gasteiger charge is -2.08. The normalized spacial score (nSPS) is 10.2. The zero-order valence-electron chi connectivity index (χ0n) is 11.6. The highest BCUT2D eigenvalue weighted by atomic mass is 16.3. The highest BCUT2D eigenvalue weighted by molar-refractivity contribution is 5.39. The molecule has 1 aromatic carbocycles. The second kappa shape index (κ2) is 7.33. The molecule has 0 aliphatic carbocycles. The molecule has 106 valence electrons. The molecule has 0 aliphatic heterocycles. The van der Waals surface area contributed by atoms with Crippen molar-refractivity contribution in [3.05, 3.63) is 42.1 Å². The smallest absolute Gasteiger partial charge is 0.224 e. The second-order valence-corrected chi connectivity index (χ2v) is 4.54. The van der Waals surface area contributed by atoms with Gasteiger partial charge in [0.25, 0.3) is 0 Å². The largest absolute Gasteiger partial charge is 0.508 e. The standard InChI is InChI=1S/C15H20N4O/c1-2-9-17-15-18-11-8-14(19-15)16-10-7-12-3-5-13(20)6-4-12/h3-6,8,11,20H,2,7,9-10H2,1H3,(H2,16,17,18,19). The number of benzene rings is 1. The zero-order chi connectivity index (χ0) is 14.2. The van der Waals surface area contributed by atoms with Crippen molar-refractivity contribution in [1.82, 2.24) is 9.97 Å². The zero-order valence-corrected chi connectivity index (χ0v) is 11.6. The van der Waals surface area contributed by atoms with Crippen molar-refractivity contribution in [1.29, 1.82) is 0 Å². The molecular formula is C15H20N4O. The van der Waals surface area contributed by atoms with E-state index in [1.807, 2.05) is 18.2 Å². The maximum atomic E-state index is 9.22. The summed E-state index contributed by atoms with van der Waals surface area (Å²) in [6, 6.07) is 9.10. The van der Waals surface area contributed by atoms with Crippen molar-refractivity contribution in [2.45, 2.75) is 19.8 Å². The first-order chi connectivity index (χ1) is 9.78. The van der Waals surface area contributed by atoms with Gasteiger partial charge >= 0.3 is 0 Å². The van der Waals surface area contributed by atoms with E-state index in [1.165, 1.54) is 5.56 Å². The molecule has 0 atom stereocenters. The average Bonchev–Trinajstić information content (AvgIpc) is 2.48. The van der Waals surface area contributed by atoms with Crippen LogP contribution in [0.1, 0.15) is 18.9 Å². The summed E-state index contributed by atoms with van der Waals surface area (Å²) in [7, 11) is 0. The fourth-order valence-corrected chi connectivity index (χ4v) is 1.78. The third kappa shape index (κ3) is 4.42. The van der Waals surface area contributed by atoms with E-state index >= 15 is 0 Å². The van der Waals surface area contributed by atoms with Gasteiger partial charge in [-0.15, -0.1) is 0 Å². The molecule has 0 saturated heterocycles. The molecule has 0 fully saturated rings. The van der Waals surface area contributed by atoms with E-state index in [9.17, 15) is 5.11 Å². The lowest BCUT2D eigenvalue weighted by atomic mass is 10.1. The van der Waals surface area contributed by atoms with Crippen molar-refractivity contribution in [3.8, 4) is 5.75 Å². The van der Waals surface area contributed by atoms with Crippen LogP contribution in [0.2, 0.25) is 0 Å². The molecule has 0 unspecified atom stereocenters. The van der Waals surface area contributed by atoms with Gasteiger partial charge in [-0.3, -0.25) is 0 Å². The fourth-order valence-electron chi connectivity index (χ4n) is 1.78. The maximum absolute atomic E-state index is 9.22. The van der Waals surface area contributed by atoms with Crippen molar-refractivity contribution in [3.63, 3.8) is 0 Å². The first-order valence-corrected chi connectivity index (χ1v) is 6.86. The van der Waals surface area contributed by atoms with Gasteiger partial charge < -0.3 is 15.7 Å². The Labute approximate surface area is 119 Å². The molecule has 0 aliphatic rings. The van der Waals surface area contributed by atoms with Crippen molar-refractivity contribution >= 4 is 11.8 Å². The highest BCUT2D eigenvalue weighted by Crippen LogP contribution is 2.11. The topological polar surface area (TPSA) is 70.1 Å². The van der Waals surface area contributed by atoms with Crippen LogP contribution in [-0.4, -0.2) is 28.2 Å². The minimum atomic E-state index is 0.296. The lowest BCUT2D eigenvalue weighted by Crippen LogP contribution is -2.09. The number of rotatable bonds is 7. The fraction of sp³-hybridized carbons (Fsp3) is 0.333. The summed E-state index contributed by atoms with van der Waals surface area (Å²) in [6.07, 6.45) is 3.66. The summed E-state index contributed by atoms with van der Waals surface area (Å²) in [5.41, 5.74) is 1.17. The van der Waals surface area contributed by atoms with Crippen LogP contribution in [0.3, 0.4) is 0 Å². The number of nitrogens with zero attached hydrogens (tertiary/aromatic N) is 2. The quantitative estimate of drug-likeness (QED) is 0.723. The number of nitrogens with one attached hydrogen (secondary N) is 2. The van der Waals surface area contributed by atoms with Crippen LogP contribution in [0.5, 0.6) is 5.75 Å². The number of hydrogen-bond acceptors (Lipinski definition) is 5. The minimum Gasteiger partial charge on any atom is -0.508 e. The first kappa shape index (κ1) is 14.1. The predicted molar refractivity (Wildman–Crippen MR) is 81.1 cm³/mol. The molecular weight excluding hydrogens is 252 g/mol.